The second-order valence-corrected chi connectivity index (χ2v) is 7.71. The van der Waals surface area contributed by atoms with Crippen molar-refractivity contribution in [3.63, 3.8) is 0 Å². The summed E-state index contributed by atoms with van der Waals surface area (Å²) in [4.78, 5) is 25.4. The number of hydrogen-bond donors (Lipinski definition) is 3. The number of carbonyl (C=O) groups excluding carboxylic acids is 2. The van der Waals surface area contributed by atoms with Gasteiger partial charge < -0.3 is 16.0 Å². The minimum atomic E-state index is -0.689. The summed E-state index contributed by atoms with van der Waals surface area (Å²) in [7, 11) is 0. The zero-order chi connectivity index (χ0) is 21.4. The zero-order valence-electron chi connectivity index (χ0n) is 16.0. The molecule has 1 aliphatic carbocycles. The van der Waals surface area contributed by atoms with Crippen LogP contribution in [-0.2, 0) is 9.59 Å². The van der Waals surface area contributed by atoms with Crippen molar-refractivity contribution in [2.24, 2.45) is 11.7 Å². The highest BCUT2D eigenvalue weighted by atomic mass is 19.1. The smallest absolute Gasteiger partial charge is 0.229 e. The molecule has 8 heteroatoms. The lowest BCUT2D eigenvalue weighted by atomic mass is 9.70. The van der Waals surface area contributed by atoms with E-state index in [1.165, 1.54) is 18.2 Å². The van der Waals surface area contributed by atoms with Gasteiger partial charge in [-0.05, 0) is 66.1 Å². The molecule has 3 aromatic rings. The normalized spacial score (nSPS) is 18.2. The van der Waals surface area contributed by atoms with Crippen molar-refractivity contribution in [2.75, 3.05) is 6.54 Å². The second kappa shape index (κ2) is 7.85. The predicted octanol–water partition coefficient (Wildman–Crippen LogP) is 3.74. The van der Waals surface area contributed by atoms with E-state index >= 15 is 0 Å². The number of nitrogens with two attached hydrogens (primary N) is 1. The third-order valence-corrected chi connectivity index (χ3v) is 5.56. The summed E-state index contributed by atoms with van der Waals surface area (Å²) in [5, 5.41) is 3.15. The molecule has 0 atom stereocenters. The maximum atomic E-state index is 14.4. The van der Waals surface area contributed by atoms with E-state index in [-0.39, 0.29) is 29.6 Å². The van der Waals surface area contributed by atoms with Gasteiger partial charge in [-0.15, -0.1) is 0 Å². The number of aromatic amines is 1. The van der Waals surface area contributed by atoms with Crippen LogP contribution in [0.1, 0.15) is 30.7 Å². The fraction of sp³-hybridized carbons (Fsp3) is 0.273. The SMILES string of the molecule is NC(=O)CC(=O)NCC1CC(c2c(-c3ccc(F)cc3)[nH]c3c(F)cc(F)cc23)C1. The molecule has 1 aliphatic rings. The third-order valence-electron chi connectivity index (χ3n) is 5.56. The maximum Gasteiger partial charge on any atom is 0.229 e. The summed E-state index contributed by atoms with van der Waals surface area (Å²) >= 11 is 0. The van der Waals surface area contributed by atoms with Crippen LogP contribution in [0.3, 0.4) is 0 Å². The first-order chi connectivity index (χ1) is 14.3. The van der Waals surface area contributed by atoms with Crippen LogP contribution in [0.2, 0.25) is 0 Å². The van der Waals surface area contributed by atoms with Crippen molar-refractivity contribution in [3.8, 4) is 11.3 Å². The van der Waals surface area contributed by atoms with E-state index in [4.69, 9.17) is 5.73 Å². The third kappa shape index (κ3) is 3.90. The summed E-state index contributed by atoms with van der Waals surface area (Å²) < 4.78 is 41.7. The molecule has 1 aromatic heterocycles. The number of rotatable bonds is 6. The highest BCUT2D eigenvalue weighted by molar-refractivity contribution is 5.96. The number of primary amides is 1. The Hall–Kier alpha value is -3.29. The van der Waals surface area contributed by atoms with Crippen LogP contribution in [-0.4, -0.2) is 23.3 Å². The second-order valence-electron chi connectivity index (χ2n) is 7.71. The van der Waals surface area contributed by atoms with Crippen LogP contribution >= 0.6 is 0 Å². The molecular weight excluding hydrogens is 395 g/mol. The van der Waals surface area contributed by atoms with Crippen LogP contribution in [0, 0.1) is 23.4 Å². The minimum absolute atomic E-state index is 0.0260. The van der Waals surface area contributed by atoms with Crippen molar-refractivity contribution in [2.45, 2.75) is 25.2 Å². The van der Waals surface area contributed by atoms with Crippen LogP contribution in [0.25, 0.3) is 22.2 Å². The molecule has 0 radical (unpaired) electrons. The summed E-state index contributed by atoms with van der Waals surface area (Å²) in [5.74, 6) is -2.65. The Morgan fingerprint density at radius 3 is 2.43 bits per heavy atom. The molecule has 2 amide bonds. The average Bonchev–Trinajstić information content (AvgIpc) is 3.00. The quantitative estimate of drug-likeness (QED) is 0.536. The standard InChI is InChI=1S/C22H20F3N3O2/c23-14-3-1-12(2-4-14)21-20(16-7-15(24)8-17(25)22(16)28-21)13-5-11(6-13)10-27-19(30)9-18(26)29/h1-4,7-8,11,13,28H,5-6,9-10H2,(H2,26,29)(H,27,30). The van der Waals surface area contributed by atoms with Crippen molar-refractivity contribution in [1.82, 2.24) is 10.3 Å². The first kappa shape index (κ1) is 20.0. The first-order valence-corrected chi connectivity index (χ1v) is 9.63. The number of aromatic nitrogens is 1. The van der Waals surface area contributed by atoms with Crippen LogP contribution in [0.5, 0.6) is 0 Å². The minimum Gasteiger partial charge on any atom is -0.369 e. The Bertz CT molecular complexity index is 1120. The Morgan fingerprint density at radius 2 is 1.77 bits per heavy atom. The molecule has 0 bridgehead atoms. The van der Waals surface area contributed by atoms with Crippen LogP contribution in [0.15, 0.2) is 36.4 Å². The van der Waals surface area contributed by atoms with E-state index in [9.17, 15) is 22.8 Å². The number of hydrogen-bond acceptors (Lipinski definition) is 2. The predicted molar refractivity (Wildman–Crippen MR) is 106 cm³/mol. The summed E-state index contributed by atoms with van der Waals surface area (Å²) in [6.45, 7) is 0.402. The Morgan fingerprint density at radius 1 is 1.07 bits per heavy atom. The molecule has 0 unspecified atom stereocenters. The van der Waals surface area contributed by atoms with E-state index in [2.05, 4.69) is 10.3 Å². The number of H-pyrrole nitrogens is 1. The van der Waals surface area contributed by atoms with Gasteiger partial charge in [-0.3, -0.25) is 9.59 Å². The van der Waals surface area contributed by atoms with E-state index in [0.29, 0.717) is 36.0 Å². The maximum absolute atomic E-state index is 14.4. The Kier molecular flexibility index (Phi) is 5.24. The molecule has 0 aliphatic heterocycles. The number of fused-ring (bicyclic) bond motifs is 1. The molecule has 156 valence electrons. The van der Waals surface area contributed by atoms with Gasteiger partial charge in [0, 0.05) is 18.0 Å². The van der Waals surface area contributed by atoms with E-state index < -0.39 is 23.4 Å². The van der Waals surface area contributed by atoms with Gasteiger partial charge in [0.1, 0.15) is 23.9 Å². The van der Waals surface area contributed by atoms with Gasteiger partial charge >= 0.3 is 0 Å². The fourth-order valence-corrected chi connectivity index (χ4v) is 4.13. The molecule has 1 heterocycles. The molecule has 0 spiro atoms. The summed E-state index contributed by atoms with van der Waals surface area (Å²) in [6.07, 6.45) is 1.05. The van der Waals surface area contributed by atoms with Crippen LogP contribution in [0.4, 0.5) is 13.2 Å². The first-order valence-electron chi connectivity index (χ1n) is 9.63. The topological polar surface area (TPSA) is 88.0 Å². The molecule has 0 saturated heterocycles. The van der Waals surface area contributed by atoms with Crippen molar-refractivity contribution < 1.29 is 22.8 Å². The monoisotopic (exact) mass is 415 g/mol. The lowest BCUT2D eigenvalue weighted by Gasteiger charge is -2.36. The molecule has 4 N–H and O–H groups in total. The molecule has 4 rings (SSSR count). The molecular formula is C22H20F3N3O2. The van der Waals surface area contributed by atoms with E-state index in [1.54, 1.807) is 12.1 Å². The zero-order valence-corrected chi connectivity index (χ0v) is 16.0. The van der Waals surface area contributed by atoms with E-state index in [1.807, 2.05) is 0 Å². The molecule has 5 nitrogen and oxygen atoms in total. The molecule has 30 heavy (non-hydrogen) atoms. The van der Waals surface area contributed by atoms with Crippen LogP contribution < -0.4 is 11.1 Å². The lowest BCUT2D eigenvalue weighted by molar-refractivity contribution is -0.127. The van der Waals surface area contributed by atoms with Crippen molar-refractivity contribution in [3.05, 3.63) is 59.4 Å². The molecule has 1 fully saturated rings. The number of benzene rings is 2. The highest BCUT2D eigenvalue weighted by Gasteiger charge is 2.34. The number of nitrogens with one attached hydrogen (secondary N) is 2. The van der Waals surface area contributed by atoms with Gasteiger partial charge in [-0.25, -0.2) is 13.2 Å². The number of halogens is 3. The van der Waals surface area contributed by atoms with Gasteiger partial charge in [0.05, 0.1) is 11.2 Å². The van der Waals surface area contributed by atoms with Crippen molar-refractivity contribution in [1.29, 1.82) is 0 Å². The van der Waals surface area contributed by atoms with Gasteiger partial charge in [0.2, 0.25) is 11.8 Å². The number of amides is 2. The largest absolute Gasteiger partial charge is 0.369 e. The molecule has 2 aromatic carbocycles. The summed E-state index contributed by atoms with van der Waals surface area (Å²) in [5.41, 5.74) is 7.32. The Labute approximate surface area is 170 Å². The average molecular weight is 415 g/mol. The van der Waals surface area contributed by atoms with Gasteiger partial charge in [0.15, 0.2) is 0 Å². The van der Waals surface area contributed by atoms with Gasteiger partial charge in [0.25, 0.3) is 0 Å². The summed E-state index contributed by atoms with van der Waals surface area (Å²) in [6, 6.07) is 7.96. The fourth-order valence-electron chi connectivity index (χ4n) is 4.13. The van der Waals surface area contributed by atoms with Gasteiger partial charge in [-0.2, -0.15) is 0 Å². The van der Waals surface area contributed by atoms with Gasteiger partial charge in [-0.1, -0.05) is 0 Å². The highest BCUT2D eigenvalue weighted by Crippen LogP contribution is 2.48. The lowest BCUT2D eigenvalue weighted by Crippen LogP contribution is -2.36. The Balaban J connectivity index is 1.60. The van der Waals surface area contributed by atoms with Crippen molar-refractivity contribution >= 4 is 22.7 Å². The molecule has 1 saturated carbocycles. The number of carbonyl (C=O) groups is 2. The van der Waals surface area contributed by atoms with E-state index in [0.717, 1.165) is 11.6 Å².